The van der Waals surface area contributed by atoms with Gasteiger partial charge in [0.2, 0.25) is 0 Å². The zero-order valence-corrected chi connectivity index (χ0v) is 19.3. The Morgan fingerprint density at radius 3 is 2.34 bits per heavy atom. The molecule has 0 spiro atoms. The van der Waals surface area contributed by atoms with E-state index in [1.807, 2.05) is 0 Å². The lowest BCUT2D eigenvalue weighted by Gasteiger charge is -2.40. The molecule has 1 fully saturated rings. The Labute approximate surface area is 205 Å². The van der Waals surface area contributed by atoms with E-state index in [9.17, 15) is 34.3 Å². The van der Waals surface area contributed by atoms with E-state index in [4.69, 9.17) is 31.5 Å². The minimum atomic E-state index is -2.55. The van der Waals surface area contributed by atoms with E-state index in [1.54, 1.807) is 0 Å². The molecule has 0 radical (unpaired) electrons. The van der Waals surface area contributed by atoms with Crippen LogP contribution in [0.2, 0.25) is 5.02 Å². The first-order chi connectivity index (χ1) is 16.6. The van der Waals surface area contributed by atoms with Crippen molar-refractivity contribution in [1.29, 1.82) is 0 Å². The van der Waals surface area contributed by atoms with Crippen LogP contribution in [-0.2, 0) is 15.2 Å². The molecule has 6 unspecified atom stereocenters. The molecule has 194 valence electrons. The van der Waals surface area contributed by atoms with Crippen molar-refractivity contribution in [3.05, 3.63) is 64.2 Å². The SMILES string of the molecule is NC(O)(c1ccc(OCCOCC(F)F)cc1)c1cc(C2OC(CO)C(O)C(O)C2O)ccc1Cl. The van der Waals surface area contributed by atoms with E-state index < -0.39 is 55.9 Å². The van der Waals surface area contributed by atoms with Gasteiger partial charge in [0.1, 0.15) is 49.5 Å². The third kappa shape index (κ3) is 6.45. The van der Waals surface area contributed by atoms with Crippen LogP contribution in [-0.4, -0.2) is 82.8 Å². The fourth-order valence-corrected chi connectivity index (χ4v) is 4.00. The molecule has 1 aliphatic heterocycles. The molecule has 7 N–H and O–H groups in total. The van der Waals surface area contributed by atoms with Gasteiger partial charge in [-0.2, -0.15) is 0 Å². The molecule has 1 heterocycles. The molecule has 12 heteroatoms. The van der Waals surface area contributed by atoms with Crippen LogP contribution >= 0.6 is 11.6 Å². The van der Waals surface area contributed by atoms with Gasteiger partial charge >= 0.3 is 0 Å². The van der Waals surface area contributed by atoms with Crippen LogP contribution in [0.5, 0.6) is 5.75 Å². The minimum Gasteiger partial charge on any atom is -0.491 e. The summed E-state index contributed by atoms with van der Waals surface area (Å²) in [7, 11) is 0. The van der Waals surface area contributed by atoms with E-state index in [0.29, 0.717) is 11.3 Å². The second-order valence-corrected chi connectivity index (χ2v) is 8.50. The van der Waals surface area contributed by atoms with Crippen LogP contribution in [0, 0.1) is 0 Å². The highest BCUT2D eigenvalue weighted by atomic mass is 35.5. The largest absolute Gasteiger partial charge is 0.491 e. The number of rotatable bonds is 10. The van der Waals surface area contributed by atoms with Gasteiger partial charge in [0, 0.05) is 16.1 Å². The van der Waals surface area contributed by atoms with Crippen LogP contribution in [0.15, 0.2) is 42.5 Å². The first kappa shape index (κ1) is 27.7. The van der Waals surface area contributed by atoms with Gasteiger partial charge in [-0.05, 0) is 29.8 Å². The average molecular weight is 520 g/mol. The van der Waals surface area contributed by atoms with Gasteiger partial charge in [-0.25, -0.2) is 8.78 Å². The predicted octanol–water partition coefficient (Wildman–Crippen LogP) is 0.667. The number of nitrogens with two attached hydrogens (primary N) is 1. The van der Waals surface area contributed by atoms with Crippen molar-refractivity contribution in [2.75, 3.05) is 26.4 Å². The standard InChI is InChI=1S/C23H28ClF2NO8/c24-16-6-1-12(22-21(31)20(30)19(29)17(10-28)35-22)9-15(16)23(27,32)13-2-4-14(5-3-13)34-8-7-33-11-18(25)26/h1-6,9,17-22,28-32H,7-8,10-11,27H2. The Bertz CT molecular complexity index is 963. The fourth-order valence-electron chi connectivity index (χ4n) is 3.74. The number of hydrogen-bond donors (Lipinski definition) is 6. The highest BCUT2D eigenvalue weighted by Crippen LogP contribution is 2.37. The maximum absolute atomic E-state index is 12.1. The topological polar surface area (TPSA) is 155 Å². The van der Waals surface area contributed by atoms with Gasteiger partial charge in [0.15, 0.2) is 5.72 Å². The number of aliphatic hydroxyl groups is 5. The molecule has 0 saturated carbocycles. The highest BCUT2D eigenvalue weighted by molar-refractivity contribution is 6.31. The molecule has 1 saturated heterocycles. The Morgan fingerprint density at radius 1 is 1.03 bits per heavy atom. The maximum Gasteiger partial charge on any atom is 0.261 e. The van der Waals surface area contributed by atoms with Crippen LogP contribution < -0.4 is 10.5 Å². The summed E-state index contributed by atoms with van der Waals surface area (Å²) in [5, 5.41) is 51.2. The molecule has 0 aromatic heterocycles. The van der Waals surface area contributed by atoms with E-state index in [2.05, 4.69) is 0 Å². The summed E-state index contributed by atoms with van der Waals surface area (Å²) in [6.45, 7) is -1.24. The Balaban J connectivity index is 1.77. The molecular formula is C23H28ClF2NO8. The van der Waals surface area contributed by atoms with E-state index >= 15 is 0 Å². The maximum atomic E-state index is 12.1. The molecule has 1 aliphatic rings. The van der Waals surface area contributed by atoms with Crippen LogP contribution in [0.25, 0.3) is 0 Å². The lowest BCUT2D eigenvalue weighted by molar-refractivity contribution is -0.231. The number of alkyl halides is 2. The first-order valence-electron chi connectivity index (χ1n) is 10.8. The summed E-state index contributed by atoms with van der Waals surface area (Å²) < 4.78 is 39.8. The van der Waals surface area contributed by atoms with Crippen molar-refractivity contribution >= 4 is 11.6 Å². The summed E-state index contributed by atoms with van der Waals surface area (Å²) in [5.74, 6) is 0.395. The van der Waals surface area contributed by atoms with E-state index in [-0.39, 0.29) is 29.4 Å². The van der Waals surface area contributed by atoms with Gasteiger partial charge in [0.05, 0.1) is 13.2 Å². The second kappa shape index (κ2) is 11.9. The van der Waals surface area contributed by atoms with E-state index in [0.717, 1.165) is 0 Å². The van der Waals surface area contributed by atoms with Crippen molar-refractivity contribution in [2.24, 2.45) is 5.73 Å². The zero-order chi connectivity index (χ0) is 25.8. The average Bonchev–Trinajstić information content (AvgIpc) is 2.83. The molecule has 35 heavy (non-hydrogen) atoms. The van der Waals surface area contributed by atoms with Gasteiger partial charge in [-0.3, -0.25) is 5.73 Å². The summed E-state index contributed by atoms with van der Waals surface area (Å²) in [4.78, 5) is 0. The van der Waals surface area contributed by atoms with Crippen LogP contribution in [0.3, 0.4) is 0 Å². The normalized spacial score (nSPS) is 26.5. The number of halogens is 3. The lowest BCUT2D eigenvalue weighted by atomic mass is 9.88. The molecule has 3 rings (SSSR count). The number of aliphatic hydroxyl groups excluding tert-OH is 4. The zero-order valence-electron chi connectivity index (χ0n) is 18.5. The molecular weight excluding hydrogens is 492 g/mol. The molecule has 9 nitrogen and oxygen atoms in total. The van der Waals surface area contributed by atoms with Gasteiger partial charge in [0.25, 0.3) is 6.43 Å². The monoisotopic (exact) mass is 519 g/mol. The number of benzene rings is 2. The third-order valence-corrected chi connectivity index (χ3v) is 5.99. The van der Waals surface area contributed by atoms with E-state index in [1.165, 1.54) is 42.5 Å². The minimum absolute atomic E-state index is 0.0206. The molecule has 0 bridgehead atoms. The molecule has 0 amide bonds. The Kier molecular flexibility index (Phi) is 9.38. The highest BCUT2D eigenvalue weighted by Gasteiger charge is 2.44. The van der Waals surface area contributed by atoms with Crippen LogP contribution in [0.1, 0.15) is 22.8 Å². The first-order valence-corrected chi connectivity index (χ1v) is 11.1. The third-order valence-electron chi connectivity index (χ3n) is 5.66. The second-order valence-electron chi connectivity index (χ2n) is 8.09. The van der Waals surface area contributed by atoms with Crippen molar-refractivity contribution in [3.8, 4) is 5.75 Å². The summed E-state index contributed by atoms with van der Waals surface area (Å²) in [6.07, 6.45) is -9.41. The van der Waals surface area contributed by atoms with Gasteiger partial charge in [-0.1, -0.05) is 29.8 Å². The Hall–Kier alpha value is -1.93. The lowest BCUT2D eigenvalue weighted by Crippen LogP contribution is -2.55. The molecule has 0 aliphatic carbocycles. The predicted molar refractivity (Wildman–Crippen MR) is 120 cm³/mol. The van der Waals surface area contributed by atoms with Gasteiger partial charge in [-0.15, -0.1) is 0 Å². The van der Waals surface area contributed by atoms with Crippen molar-refractivity contribution < 1.29 is 48.5 Å². The summed E-state index contributed by atoms with van der Waals surface area (Å²) >= 11 is 6.30. The number of ether oxygens (including phenoxy) is 3. The van der Waals surface area contributed by atoms with Crippen LogP contribution in [0.4, 0.5) is 8.78 Å². The van der Waals surface area contributed by atoms with Crippen molar-refractivity contribution in [3.63, 3.8) is 0 Å². The van der Waals surface area contributed by atoms with Crippen molar-refractivity contribution in [2.45, 2.75) is 42.7 Å². The molecule has 2 aromatic carbocycles. The van der Waals surface area contributed by atoms with Gasteiger partial charge < -0.3 is 39.7 Å². The number of hydrogen-bond acceptors (Lipinski definition) is 9. The Morgan fingerprint density at radius 2 is 1.71 bits per heavy atom. The molecule has 2 aromatic rings. The summed E-state index contributed by atoms with van der Waals surface area (Å²) in [5.41, 5.74) is 4.75. The quantitative estimate of drug-likeness (QED) is 0.196. The smallest absolute Gasteiger partial charge is 0.261 e. The van der Waals surface area contributed by atoms with Crippen molar-refractivity contribution in [1.82, 2.24) is 0 Å². The fraction of sp³-hybridized carbons (Fsp3) is 0.478. The molecule has 6 atom stereocenters. The summed E-state index contributed by atoms with van der Waals surface area (Å²) in [6, 6.07) is 10.4.